The van der Waals surface area contributed by atoms with Gasteiger partial charge in [-0.1, -0.05) is 19.9 Å². The molecule has 1 aliphatic rings. The number of aryl methyl sites for hydroxylation is 1. The Morgan fingerprint density at radius 3 is 2.57 bits per heavy atom. The summed E-state index contributed by atoms with van der Waals surface area (Å²) in [5.74, 6) is 0. The maximum absolute atomic E-state index is 11.0. The molecule has 2 nitrogen and oxygen atoms in total. The molecule has 0 aromatic carbocycles. The van der Waals surface area contributed by atoms with Gasteiger partial charge in [0, 0.05) is 11.3 Å². The summed E-state index contributed by atoms with van der Waals surface area (Å²) >= 11 is 0. The lowest BCUT2D eigenvalue weighted by atomic mass is 10.1. The predicted molar refractivity (Wildman–Crippen MR) is 58.5 cm³/mol. The lowest BCUT2D eigenvalue weighted by Crippen LogP contribution is -2.32. The van der Waals surface area contributed by atoms with Crippen molar-refractivity contribution in [1.29, 1.82) is 0 Å². The summed E-state index contributed by atoms with van der Waals surface area (Å²) < 4.78 is 5.04. The largest absolute Gasteiger partial charge is 0.423 e. The zero-order chi connectivity index (χ0) is 10.6. The highest BCUT2D eigenvalue weighted by atomic mass is 16.4. The first kappa shape index (κ1) is 10.8. The van der Waals surface area contributed by atoms with Crippen molar-refractivity contribution in [2.45, 2.75) is 33.6 Å². The molecule has 0 saturated carbocycles. The monoisotopic (exact) mass is 192 g/mol. The molecule has 0 radical (unpaired) electrons. The van der Waals surface area contributed by atoms with Crippen LogP contribution in [0.4, 0.5) is 0 Å². The van der Waals surface area contributed by atoms with Crippen LogP contribution >= 0.6 is 0 Å². The third-order valence-electron chi connectivity index (χ3n) is 2.08. The molecule has 1 aromatic rings. The van der Waals surface area contributed by atoms with E-state index in [-0.39, 0.29) is 5.63 Å². The first-order valence-corrected chi connectivity index (χ1v) is 5.08. The first-order chi connectivity index (χ1) is 6.77. The Balaban J connectivity index is 0.000000461. The van der Waals surface area contributed by atoms with Crippen molar-refractivity contribution >= 4 is 12.2 Å². The van der Waals surface area contributed by atoms with E-state index in [0.29, 0.717) is 0 Å². The molecule has 1 aliphatic carbocycles. The third kappa shape index (κ3) is 2.13. The molecule has 2 heteroatoms. The van der Waals surface area contributed by atoms with Crippen LogP contribution in [-0.4, -0.2) is 0 Å². The van der Waals surface area contributed by atoms with Crippen molar-refractivity contribution in [3.8, 4) is 0 Å². The summed E-state index contributed by atoms with van der Waals surface area (Å²) in [7, 11) is 0. The summed E-state index contributed by atoms with van der Waals surface area (Å²) in [6.07, 6.45) is 6.11. The van der Waals surface area contributed by atoms with Gasteiger partial charge in [0.2, 0.25) is 0 Å². The van der Waals surface area contributed by atoms with Gasteiger partial charge in [0.05, 0.1) is 0 Å². The SMILES string of the molecule is CC.Cc1cc(=O)oc2c1=CCCC=2. The summed E-state index contributed by atoms with van der Waals surface area (Å²) in [6.45, 7) is 5.94. The molecule has 0 fully saturated rings. The molecule has 0 atom stereocenters. The highest BCUT2D eigenvalue weighted by molar-refractivity contribution is 5.36. The van der Waals surface area contributed by atoms with Gasteiger partial charge in [0.25, 0.3) is 0 Å². The molecule has 0 saturated heterocycles. The van der Waals surface area contributed by atoms with Crippen LogP contribution in [0.3, 0.4) is 0 Å². The lowest BCUT2D eigenvalue weighted by Gasteiger charge is -1.99. The second kappa shape index (κ2) is 4.80. The molecule has 1 aromatic heterocycles. The number of rotatable bonds is 0. The van der Waals surface area contributed by atoms with E-state index in [9.17, 15) is 4.79 Å². The topological polar surface area (TPSA) is 30.2 Å². The van der Waals surface area contributed by atoms with Crippen LogP contribution in [0.2, 0.25) is 0 Å². The quantitative estimate of drug-likeness (QED) is 0.620. The predicted octanol–water partition coefficient (Wildman–Crippen LogP) is 1.33. The minimum absolute atomic E-state index is 0.252. The van der Waals surface area contributed by atoms with Gasteiger partial charge < -0.3 is 4.42 Å². The lowest BCUT2D eigenvalue weighted by molar-refractivity contribution is 0.469. The summed E-state index contributed by atoms with van der Waals surface area (Å²) in [5, 5.41) is 1.08. The zero-order valence-corrected chi connectivity index (χ0v) is 8.96. The van der Waals surface area contributed by atoms with Crippen LogP contribution in [0.15, 0.2) is 15.3 Å². The summed E-state index contributed by atoms with van der Waals surface area (Å²) in [6, 6.07) is 1.54. The Morgan fingerprint density at radius 2 is 1.86 bits per heavy atom. The molecule has 0 aliphatic heterocycles. The van der Waals surface area contributed by atoms with Gasteiger partial charge in [-0.15, -0.1) is 0 Å². The van der Waals surface area contributed by atoms with Crippen molar-refractivity contribution < 1.29 is 4.42 Å². The Bertz CT molecular complexity index is 466. The van der Waals surface area contributed by atoms with Crippen LogP contribution < -0.4 is 16.3 Å². The van der Waals surface area contributed by atoms with Gasteiger partial charge in [-0.25, -0.2) is 4.79 Å². The second-order valence-corrected chi connectivity index (χ2v) is 3.01. The highest BCUT2D eigenvalue weighted by Gasteiger charge is 1.99. The average molecular weight is 192 g/mol. The van der Waals surface area contributed by atoms with E-state index in [0.717, 1.165) is 29.0 Å². The second-order valence-electron chi connectivity index (χ2n) is 3.01. The Hall–Kier alpha value is -1.31. The molecule has 0 amide bonds. The molecule has 14 heavy (non-hydrogen) atoms. The van der Waals surface area contributed by atoms with Crippen LogP contribution in [-0.2, 0) is 0 Å². The molecule has 0 N–H and O–H groups in total. The normalized spacial score (nSPS) is 12.8. The van der Waals surface area contributed by atoms with Crippen molar-refractivity contribution in [2.24, 2.45) is 0 Å². The maximum atomic E-state index is 11.0. The number of fused-ring (bicyclic) bond motifs is 1. The van der Waals surface area contributed by atoms with E-state index < -0.39 is 0 Å². The third-order valence-corrected chi connectivity index (χ3v) is 2.08. The minimum Gasteiger partial charge on any atom is -0.423 e. The fourth-order valence-corrected chi connectivity index (χ4v) is 1.50. The Kier molecular flexibility index (Phi) is 3.69. The molecular weight excluding hydrogens is 176 g/mol. The fraction of sp³-hybridized carbons (Fsp3) is 0.417. The van der Waals surface area contributed by atoms with E-state index in [1.165, 1.54) is 6.07 Å². The van der Waals surface area contributed by atoms with Gasteiger partial charge in [-0.05, 0) is 31.4 Å². The molecule has 76 valence electrons. The van der Waals surface area contributed by atoms with Crippen molar-refractivity contribution in [1.82, 2.24) is 0 Å². The molecule has 0 spiro atoms. The van der Waals surface area contributed by atoms with E-state index in [2.05, 4.69) is 6.08 Å². The molecule has 2 rings (SSSR count). The molecule has 0 unspecified atom stereocenters. The van der Waals surface area contributed by atoms with Crippen LogP contribution in [0.25, 0.3) is 12.2 Å². The maximum Gasteiger partial charge on any atom is 0.336 e. The van der Waals surface area contributed by atoms with Gasteiger partial charge >= 0.3 is 5.63 Å². The van der Waals surface area contributed by atoms with Crippen molar-refractivity contribution in [3.63, 3.8) is 0 Å². The van der Waals surface area contributed by atoms with Gasteiger partial charge in [-0.2, -0.15) is 0 Å². The smallest absolute Gasteiger partial charge is 0.336 e. The average Bonchev–Trinajstić information content (AvgIpc) is 2.20. The minimum atomic E-state index is -0.252. The zero-order valence-electron chi connectivity index (χ0n) is 8.96. The Morgan fingerprint density at radius 1 is 1.21 bits per heavy atom. The fourth-order valence-electron chi connectivity index (χ4n) is 1.50. The standard InChI is InChI=1S/C10H10O2.C2H6/c1-7-6-10(11)12-9-5-3-2-4-8(7)9;1-2/h4-6H,2-3H2,1H3;1-2H3. The van der Waals surface area contributed by atoms with Gasteiger partial charge in [0.15, 0.2) is 0 Å². The van der Waals surface area contributed by atoms with E-state index in [1.54, 1.807) is 0 Å². The number of hydrogen-bond donors (Lipinski definition) is 0. The number of hydrogen-bond acceptors (Lipinski definition) is 2. The van der Waals surface area contributed by atoms with Crippen LogP contribution in [0.5, 0.6) is 0 Å². The molecule has 0 bridgehead atoms. The molecule has 1 heterocycles. The van der Waals surface area contributed by atoms with E-state index in [4.69, 9.17) is 4.42 Å². The van der Waals surface area contributed by atoms with Crippen LogP contribution in [0.1, 0.15) is 32.3 Å². The Labute approximate surface area is 83.6 Å². The van der Waals surface area contributed by atoms with E-state index in [1.807, 2.05) is 26.8 Å². The van der Waals surface area contributed by atoms with Crippen molar-refractivity contribution in [2.75, 3.05) is 0 Å². The molecular formula is C12H16O2. The van der Waals surface area contributed by atoms with Crippen LogP contribution in [0, 0.1) is 6.92 Å². The van der Waals surface area contributed by atoms with E-state index >= 15 is 0 Å². The van der Waals surface area contributed by atoms with Crippen molar-refractivity contribution in [3.05, 3.63) is 32.7 Å². The highest BCUT2D eigenvalue weighted by Crippen LogP contribution is 1.94. The van der Waals surface area contributed by atoms with Gasteiger partial charge in [0.1, 0.15) is 5.42 Å². The van der Waals surface area contributed by atoms with Gasteiger partial charge in [-0.3, -0.25) is 0 Å². The summed E-state index contributed by atoms with van der Waals surface area (Å²) in [5.41, 5.74) is 1.50. The first-order valence-electron chi connectivity index (χ1n) is 5.08. The summed E-state index contributed by atoms with van der Waals surface area (Å²) in [4.78, 5) is 11.0.